The number of carbonyl (C=O) groups excluding carboxylic acids is 1. The summed E-state index contributed by atoms with van der Waals surface area (Å²) in [5.74, 6) is 1.16. The van der Waals surface area contributed by atoms with E-state index in [2.05, 4.69) is 38.9 Å². The molecule has 0 radical (unpaired) electrons. The van der Waals surface area contributed by atoms with Gasteiger partial charge in [-0.25, -0.2) is 0 Å². The highest BCUT2D eigenvalue weighted by Crippen LogP contribution is 2.23. The Labute approximate surface area is 165 Å². The zero-order valence-electron chi connectivity index (χ0n) is 16.6. The third kappa shape index (κ3) is 4.28. The Morgan fingerprint density at radius 1 is 1.14 bits per heavy atom. The van der Waals surface area contributed by atoms with E-state index < -0.39 is 0 Å². The van der Waals surface area contributed by atoms with Crippen molar-refractivity contribution < 1.29 is 4.79 Å². The van der Waals surface area contributed by atoms with Gasteiger partial charge in [0.25, 0.3) is 0 Å². The lowest BCUT2D eigenvalue weighted by Crippen LogP contribution is -2.38. The van der Waals surface area contributed by atoms with Gasteiger partial charge in [-0.1, -0.05) is 13.8 Å². The average Bonchev–Trinajstić information content (AvgIpc) is 3.22. The first kappa shape index (κ1) is 18.7. The van der Waals surface area contributed by atoms with Gasteiger partial charge in [0.1, 0.15) is 5.78 Å². The van der Waals surface area contributed by atoms with E-state index >= 15 is 0 Å². The molecule has 1 fully saturated rings. The van der Waals surface area contributed by atoms with Crippen molar-refractivity contribution in [1.29, 1.82) is 0 Å². The van der Waals surface area contributed by atoms with Crippen LogP contribution in [0.4, 0.5) is 0 Å². The minimum atomic E-state index is 0.167. The fourth-order valence-corrected chi connectivity index (χ4v) is 4.01. The number of pyridine rings is 2. The predicted molar refractivity (Wildman–Crippen MR) is 110 cm³/mol. The monoisotopic (exact) mass is 377 g/mol. The van der Waals surface area contributed by atoms with Crippen molar-refractivity contribution in [2.45, 2.75) is 33.1 Å². The lowest BCUT2D eigenvalue weighted by molar-refractivity contribution is -0.123. The van der Waals surface area contributed by atoms with Crippen molar-refractivity contribution in [3.63, 3.8) is 0 Å². The van der Waals surface area contributed by atoms with Crippen LogP contribution in [0.15, 0.2) is 36.9 Å². The number of aromatic amines is 1. The molecule has 0 aromatic carbocycles. The average molecular weight is 377 g/mol. The van der Waals surface area contributed by atoms with E-state index in [1.807, 2.05) is 30.7 Å². The first-order valence-electron chi connectivity index (χ1n) is 10.1. The topological polar surface area (TPSA) is 74.8 Å². The van der Waals surface area contributed by atoms with E-state index in [1.165, 1.54) is 0 Å². The van der Waals surface area contributed by atoms with Gasteiger partial charge in [0.15, 0.2) is 0 Å². The van der Waals surface area contributed by atoms with E-state index in [0.29, 0.717) is 18.1 Å². The minimum Gasteiger partial charge on any atom is -0.303 e. The normalized spacial score (nSPS) is 16.1. The number of nitrogens with one attached hydrogen (secondary N) is 1. The molecular weight excluding hydrogens is 350 g/mol. The Balaban J connectivity index is 1.43. The predicted octanol–water partition coefficient (Wildman–Crippen LogP) is 3.50. The number of hydrogen-bond donors (Lipinski definition) is 1. The van der Waals surface area contributed by atoms with Crippen molar-refractivity contribution in [3.8, 4) is 11.3 Å². The van der Waals surface area contributed by atoms with Gasteiger partial charge >= 0.3 is 0 Å². The summed E-state index contributed by atoms with van der Waals surface area (Å²) >= 11 is 0. The molecule has 0 saturated carbocycles. The van der Waals surface area contributed by atoms with Crippen LogP contribution in [0, 0.1) is 11.8 Å². The highest BCUT2D eigenvalue weighted by atomic mass is 16.1. The second kappa shape index (κ2) is 8.19. The van der Waals surface area contributed by atoms with E-state index in [4.69, 9.17) is 0 Å². The molecule has 1 aliphatic rings. The maximum Gasteiger partial charge on any atom is 0.142 e. The number of aromatic nitrogens is 4. The fourth-order valence-electron chi connectivity index (χ4n) is 4.01. The second-order valence-corrected chi connectivity index (χ2v) is 8.19. The Bertz CT molecular complexity index is 943. The molecule has 0 spiro atoms. The number of likely N-dealkylation sites (tertiary alicyclic amines) is 1. The quantitative estimate of drug-likeness (QED) is 0.712. The Morgan fingerprint density at radius 3 is 2.64 bits per heavy atom. The summed E-state index contributed by atoms with van der Waals surface area (Å²) < 4.78 is 0. The third-order valence-corrected chi connectivity index (χ3v) is 5.48. The van der Waals surface area contributed by atoms with Crippen LogP contribution < -0.4 is 0 Å². The molecule has 0 amide bonds. The molecule has 4 rings (SSSR count). The third-order valence-electron chi connectivity index (χ3n) is 5.48. The van der Waals surface area contributed by atoms with E-state index in [9.17, 15) is 4.79 Å². The van der Waals surface area contributed by atoms with Crippen molar-refractivity contribution in [2.75, 3.05) is 19.6 Å². The van der Waals surface area contributed by atoms with Crippen molar-refractivity contribution in [3.05, 3.63) is 42.6 Å². The molecule has 28 heavy (non-hydrogen) atoms. The zero-order chi connectivity index (χ0) is 19.5. The number of carbonyl (C=O) groups is 1. The summed E-state index contributed by atoms with van der Waals surface area (Å²) in [6.45, 7) is 7.67. The SMILES string of the molecule is CC(C)CN1CCC(C(=O)Cc2cc3cc(-c4cn[nH]c4)ncc3cn2)CC1. The van der Waals surface area contributed by atoms with Crippen LogP contribution in [0.25, 0.3) is 22.0 Å². The van der Waals surface area contributed by atoms with Crippen LogP contribution in [-0.2, 0) is 11.2 Å². The van der Waals surface area contributed by atoms with Gasteiger partial charge in [-0.05, 0) is 49.4 Å². The van der Waals surface area contributed by atoms with Gasteiger partial charge in [-0.15, -0.1) is 0 Å². The van der Waals surface area contributed by atoms with Crippen LogP contribution in [0.1, 0.15) is 32.4 Å². The molecule has 1 saturated heterocycles. The molecule has 146 valence electrons. The number of fused-ring (bicyclic) bond motifs is 1. The lowest BCUT2D eigenvalue weighted by atomic mass is 9.89. The number of rotatable bonds is 6. The van der Waals surface area contributed by atoms with Crippen LogP contribution in [0.2, 0.25) is 0 Å². The van der Waals surface area contributed by atoms with Crippen LogP contribution in [0.3, 0.4) is 0 Å². The van der Waals surface area contributed by atoms with Gasteiger partial charge in [0.05, 0.1) is 11.9 Å². The molecule has 6 nitrogen and oxygen atoms in total. The van der Waals surface area contributed by atoms with Gasteiger partial charge in [-0.2, -0.15) is 5.10 Å². The summed E-state index contributed by atoms with van der Waals surface area (Å²) in [6, 6.07) is 4.05. The van der Waals surface area contributed by atoms with Crippen molar-refractivity contribution in [1.82, 2.24) is 25.1 Å². The van der Waals surface area contributed by atoms with Crippen molar-refractivity contribution >= 4 is 16.6 Å². The maximum atomic E-state index is 12.8. The minimum absolute atomic E-state index is 0.167. The molecule has 1 aliphatic heterocycles. The van der Waals surface area contributed by atoms with Gasteiger partial charge in [0.2, 0.25) is 0 Å². The first-order valence-corrected chi connectivity index (χ1v) is 10.1. The number of nitrogens with zero attached hydrogens (tertiary/aromatic N) is 4. The second-order valence-electron chi connectivity index (χ2n) is 8.19. The summed E-state index contributed by atoms with van der Waals surface area (Å²) in [5, 5.41) is 8.82. The Morgan fingerprint density at radius 2 is 1.93 bits per heavy atom. The molecule has 0 bridgehead atoms. The van der Waals surface area contributed by atoms with E-state index in [-0.39, 0.29) is 5.92 Å². The number of ketones is 1. The van der Waals surface area contributed by atoms with E-state index in [0.717, 1.165) is 60.2 Å². The molecule has 3 aromatic heterocycles. The summed E-state index contributed by atoms with van der Waals surface area (Å²) in [7, 11) is 0. The van der Waals surface area contributed by atoms with Crippen molar-refractivity contribution in [2.24, 2.45) is 11.8 Å². The van der Waals surface area contributed by atoms with Crippen LogP contribution in [-0.4, -0.2) is 50.5 Å². The highest BCUT2D eigenvalue weighted by Gasteiger charge is 2.25. The van der Waals surface area contributed by atoms with Gasteiger partial charge in [0, 0.05) is 54.1 Å². The highest BCUT2D eigenvalue weighted by molar-refractivity contribution is 5.87. The molecule has 0 aliphatic carbocycles. The molecule has 6 heteroatoms. The molecular formula is C22H27N5O. The number of Topliss-reactive ketones (excluding diaryl/α,β-unsaturated/α-hetero) is 1. The molecule has 0 unspecified atom stereocenters. The lowest BCUT2D eigenvalue weighted by Gasteiger charge is -2.32. The smallest absolute Gasteiger partial charge is 0.142 e. The van der Waals surface area contributed by atoms with Crippen LogP contribution in [0.5, 0.6) is 0 Å². The van der Waals surface area contributed by atoms with E-state index in [1.54, 1.807) is 6.20 Å². The van der Waals surface area contributed by atoms with Crippen LogP contribution >= 0.6 is 0 Å². The molecule has 1 N–H and O–H groups in total. The summed E-state index contributed by atoms with van der Waals surface area (Å²) in [6.07, 6.45) is 9.56. The Hall–Kier alpha value is -2.60. The Kier molecular flexibility index (Phi) is 5.48. The molecule has 4 heterocycles. The first-order chi connectivity index (χ1) is 13.6. The maximum absolute atomic E-state index is 12.8. The van der Waals surface area contributed by atoms with Gasteiger partial charge < -0.3 is 4.90 Å². The fraction of sp³-hybridized carbons (Fsp3) is 0.455. The summed E-state index contributed by atoms with van der Waals surface area (Å²) in [5.41, 5.74) is 2.65. The molecule has 3 aromatic rings. The number of piperidine rings is 1. The largest absolute Gasteiger partial charge is 0.303 e. The number of hydrogen-bond acceptors (Lipinski definition) is 5. The summed E-state index contributed by atoms with van der Waals surface area (Å²) in [4.78, 5) is 24.3. The number of H-pyrrole nitrogens is 1. The standard InChI is InChI=1S/C22H27N5O/c1-15(2)14-27-5-3-16(4-6-27)22(28)9-20-7-17-8-21(19-12-25-26-13-19)24-11-18(17)10-23-20/h7-8,10-13,15-16H,3-6,9,14H2,1-2H3,(H,25,26). The van der Waals surface area contributed by atoms with Gasteiger partial charge in [-0.3, -0.25) is 19.9 Å². The zero-order valence-corrected chi connectivity index (χ0v) is 16.6. The molecule has 0 atom stereocenters.